The molecule has 0 bridgehead atoms. The van der Waals surface area contributed by atoms with Gasteiger partial charge in [-0.15, -0.1) is 0 Å². The largest absolute Gasteiger partial charge is 0.453 e. The number of halogens is 1. The van der Waals surface area contributed by atoms with Crippen molar-refractivity contribution in [2.45, 2.75) is 14.4 Å². The molecule has 0 amide bonds. The first-order valence-electron chi connectivity index (χ1n) is 11.2. The number of hydrogen-bond acceptors (Lipinski definition) is 8. The van der Waals surface area contributed by atoms with Crippen LogP contribution in [0, 0.1) is 6.92 Å². The minimum atomic E-state index is -0.205. The van der Waals surface area contributed by atoms with Gasteiger partial charge in [-0.05, 0) is 72.5 Å². The number of H-pyrrole nitrogens is 1. The Bertz CT molecular complexity index is 1790. The van der Waals surface area contributed by atoms with Crippen LogP contribution in [0.25, 0.3) is 44.5 Å². The van der Waals surface area contributed by atoms with Crippen LogP contribution in [-0.2, 0) is 0 Å². The Morgan fingerprint density at radius 1 is 0.744 bits per heavy atom. The van der Waals surface area contributed by atoms with Crippen LogP contribution in [0.1, 0.15) is 34.2 Å². The van der Waals surface area contributed by atoms with Crippen molar-refractivity contribution >= 4 is 57.0 Å². The summed E-state index contributed by atoms with van der Waals surface area (Å²) in [6.45, 7) is 1.94. The lowest BCUT2D eigenvalue weighted by Gasteiger charge is -2.02. The van der Waals surface area contributed by atoms with Crippen LogP contribution >= 0.6 is 22.6 Å². The van der Waals surface area contributed by atoms with Crippen molar-refractivity contribution in [1.82, 2.24) is 19.9 Å². The van der Waals surface area contributed by atoms with E-state index in [2.05, 4.69) is 42.5 Å². The third-order valence-electron chi connectivity index (χ3n) is 5.53. The van der Waals surface area contributed by atoms with Gasteiger partial charge in [-0.25, -0.2) is 15.0 Å². The quantitative estimate of drug-likeness (QED) is 0.129. The number of alkyl halides is 1. The van der Waals surface area contributed by atoms with Gasteiger partial charge in [0.25, 0.3) is 5.56 Å². The molecule has 10 heteroatoms. The average molecular weight is 636 g/mol. The van der Waals surface area contributed by atoms with E-state index in [4.69, 9.17) is 8.83 Å². The van der Waals surface area contributed by atoms with Gasteiger partial charge in [-0.1, -0.05) is 30.0 Å². The molecule has 0 spiro atoms. The summed E-state index contributed by atoms with van der Waals surface area (Å²) >= 11 is 2.15. The molecule has 0 saturated heterocycles. The van der Waals surface area contributed by atoms with Gasteiger partial charge in [-0.3, -0.25) is 14.4 Å². The topological polar surface area (TPSA) is 132 Å². The van der Waals surface area contributed by atoms with Crippen LogP contribution in [0.15, 0.2) is 86.9 Å². The third-order valence-corrected chi connectivity index (χ3v) is 5.53. The number of aryl methyl sites for hydroxylation is 1. The van der Waals surface area contributed by atoms with E-state index < -0.39 is 0 Å². The predicted molar refractivity (Wildman–Crippen MR) is 159 cm³/mol. The van der Waals surface area contributed by atoms with Crippen LogP contribution in [0.2, 0.25) is 0 Å². The second kappa shape index (κ2) is 13.4. The Hall–Kier alpha value is -4.45. The minimum absolute atomic E-state index is 0. The number of carbonyl (C=O) groups is 2. The Labute approximate surface area is 237 Å². The van der Waals surface area contributed by atoms with Crippen molar-refractivity contribution in [3.63, 3.8) is 0 Å². The van der Waals surface area contributed by atoms with Crippen LogP contribution in [0.3, 0.4) is 0 Å². The second-order valence-electron chi connectivity index (χ2n) is 7.79. The van der Waals surface area contributed by atoms with Gasteiger partial charge in [0, 0.05) is 22.2 Å². The number of aromatic nitrogens is 4. The van der Waals surface area contributed by atoms with Crippen LogP contribution in [0.4, 0.5) is 0 Å². The average Bonchev–Trinajstić information content (AvgIpc) is 3.65. The SMILES string of the molecule is C.CI.Cc1ncnc2ccc(-c3ccc(C=O)o3)cc12.O=Cc1ccc(-c2ccc3nc[nH]c(=O)c3c2)o1. The molecule has 6 rings (SSSR count). The molecule has 198 valence electrons. The molecule has 6 aromatic rings. The van der Waals surface area contributed by atoms with E-state index in [0.29, 0.717) is 40.8 Å². The molecule has 0 atom stereocenters. The summed E-state index contributed by atoms with van der Waals surface area (Å²) in [5.41, 5.74) is 3.87. The van der Waals surface area contributed by atoms with Crippen molar-refractivity contribution in [2.24, 2.45) is 0 Å². The zero-order valence-corrected chi connectivity index (χ0v) is 22.5. The monoisotopic (exact) mass is 636 g/mol. The van der Waals surface area contributed by atoms with Crippen LogP contribution in [-0.4, -0.2) is 37.4 Å². The lowest BCUT2D eigenvalue weighted by Crippen LogP contribution is -2.05. The summed E-state index contributed by atoms with van der Waals surface area (Å²) in [5, 5.41) is 1.47. The first-order valence-corrected chi connectivity index (χ1v) is 13.4. The van der Waals surface area contributed by atoms with Gasteiger partial charge in [0.1, 0.15) is 17.8 Å². The summed E-state index contributed by atoms with van der Waals surface area (Å²) in [7, 11) is 0. The summed E-state index contributed by atoms with van der Waals surface area (Å²) in [6.07, 6.45) is 4.24. The van der Waals surface area contributed by atoms with E-state index >= 15 is 0 Å². The predicted octanol–water partition coefficient (Wildman–Crippen LogP) is 6.69. The molecule has 0 aliphatic rings. The van der Waals surface area contributed by atoms with Crippen molar-refractivity contribution in [1.29, 1.82) is 0 Å². The smallest absolute Gasteiger partial charge is 0.258 e. The highest BCUT2D eigenvalue weighted by atomic mass is 127. The van der Waals surface area contributed by atoms with Gasteiger partial charge >= 0.3 is 0 Å². The van der Waals surface area contributed by atoms with Gasteiger partial charge in [-0.2, -0.15) is 0 Å². The molecule has 2 aromatic carbocycles. The zero-order valence-electron chi connectivity index (χ0n) is 20.3. The molecule has 9 nitrogen and oxygen atoms in total. The number of aldehydes is 2. The molecule has 4 heterocycles. The van der Waals surface area contributed by atoms with Crippen molar-refractivity contribution < 1.29 is 18.4 Å². The Morgan fingerprint density at radius 3 is 1.82 bits per heavy atom. The molecule has 39 heavy (non-hydrogen) atoms. The number of hydrogen-bond donors (Lipinski definition) is 1. The second-order valence-corrected chi connectivity index (χ2v) is 7.79. The summed E-state index contributed by atoms with van der Waals surface area (Å²) in [4.78, 5) is 49.7. The van der Waals surface area contributed by atoms with E-state index in [1.807, 2.05) is 30.1 Å². The van der Waals surface area contributed by atoms with Crippen molar-refractivity contribution in [3.8, 4) is 22.6 Å². The van der Waals surface area contributed by atoms with E-state index in [9.17, 15) is 14.4 Å². The summed E-state index contributed by atoms with van der Waals surface area (Å²) in [5.74, 6) is 1.79. The fraction of sp³-hybridized carbons (Fsp3) is 0.103. The molecule has 0 saturated carbocycles. The highest BCUT2D eigenvalue weighted by Gasteiger charge is 2.08. The normalized spacial score (nSPS) is 10.0. The third kappa shape index (κ3) is 6.52. The number of furan rings is 2. The fourth-order valence-electron chi connectivity index (χ4n) is 3.70. The molecule has 0 radical (unpaired) electrons. The number of fused-ring (bicyclic) bond motifs is 2. The van der Waals surface area contributed by atoms with E-state index in [-0.39, 0.29) is 18.7 Å². The maximum absolute atomic E-state index is 11.6. The van der Waals surface area contributed by atoms with Crippen LogP contribution in [0.5, 0.6) is 0 Å². The van der Waals surface area contributed by atoms with E-state index in [0.717, 1.165) is 27.7 Å². The maximum Gasteiger partial charge on any atom is 0.258 e. The first-order chi connectivity index (χ1) is 18.6. The molecule has 0 aliphatic heterocycles. The number of nitrogens with one attached hydrogen (secondary N) is 1. The molecular formula is C29H25IN4O5. The molecule has 4 aromatic heterocycles. The molecular weight excluding hydrogens is 611 g/mol. The number of carbonyl (C=O) groups excluding carboxylic acids is 2. The highest BCUT2D eigenvalue weighted by Crippen LogP contribution is 2.26. The van der Waals surface area contributed by atoms with Crippen molar-refractivity contribution in [3.05, 3.63) is 101 Å². The molecule has 0 unspecified atom stereocenters. The Morgan fingerprint density at radius 2 is 1.28 bits per heavy atom. The molecule has 0 fully saturated rings. The summed E-state index contributed by atoms with van der Waals surface area (Å²) in [6, 6.07) is 17.7. The number of nitrogens with zero attached hydrogens (tertiary/aromatic N) is 3. The number of aromatic amines is 1. The van der Waals surface area contributed by atoms with Gasteiger partial charge < -0.3 is 13.8 Å². The van der Waals surface area contributed by atoms with Crippen molar-refractivity contribution in [2.75, 3.05) is 4.93 Å². The zero-order chi connectivity index (χ0) is 27.1. The number of benzene rings is 2. The van der Waals surface area contributed by atoms with Gasteiger partial charge in [0.05, 0.1) is 22.7 Å². The first kappa shape index (κ1) is 29.1. The Kier molecular flexibility index (Phi) is 9.98. The summed E-state index contributed by atoms with van der Waals surface area (Å²) < 4.78 is 10.7. The number of rotatable bonds is 4. The molecule has 1 N–H and O–H groups in total. The lowest BCUT2D eigenvalue weighted by atomic mass is 10.1. The van der Waals surface area contributed by atoms with E-state index in [1.165, 1.54) is 6.33 Å². The minimum Gasteiger partial charge on any atom is -0.453 e. The maximum atomic E-state index is 11.6. The van der Waals surface area contributed by atoms with Gasteiger partial charge in [0.15, 0.2) is 24.1 Å². The Balaban J connectivity index is 0.000000198. The van der Waals surface area contributed by atoms with Crippen LogP contribution < -0.4 is 5.56 Å². The highest BCUT2D eigenvalue weighted by molar-refractivity contribution is 14.1. The fourth-order valence-corrected chi connectivity index (χ4v) is 3.70. The standard InChI is InChI=1S/C14H10N2O2.C13H8N2O3.CH3I.CH4/c1-9-12-6-10(2-4-13(12)16-8-15-9)14-5-3-11(7-17)18-14;16-6-9-2-4-12(18-9)8-1-3-11-10(5-8)13(17)15-7-14-11;1-2;/h2-8H,1H3;1-7H,(H,14,15,17);1H3;1H4. The van der Waals surface area contributed by atoms with Gasteiger partial charge in [0.2, 0.25) is 0 Å². The lowest BCUT2D eigenvalue weighted by molar-refractivity contribution is 0.109. The molecule has 0 aliphatic carbocycles. The van der Waals surface area contributed by atoms with E-state index in [1.54, 1.807) is 48.8 Å².